The molecule has 3 rings (SSSR count). The van der Waals surface area contributed by atoms with E-state index in [9.17, 15) is 4.79 Å². The third-order valence-electron chi connectivity index (χ3n) is 3.38. The molecule has 136 valence electrons. The van der Waals surface area contributed by atoms with Gasteiger partial charge in [0.05, 0.1) is 22.2 Å². The van der Waals surface area contributed by atoms with Gasteiger partial charge in [0.15, 0.2) is 0 Å². The van der Waals surface area contributed by atoms with Crippen LogP contribution in [0.4, 0.5) is 5.69 Å². The number of hydrogen-bond donors (Lipinski definition) is 2. The van der Waals surface area contributed by atoms with Crippen LogP contribution in [0.1, 0.15) is 11.4 Å². The number of benzene rings is 1. The molecule has 3 aromatic rings. The van der Waals surface area contributed by atoms with Gasteiger partial charge in [0, 0.05) is 10.7 Å². The van der Waals surface area contributed by atoms with Gasteiger partial charge in [0.2, 0.25) is 11.1 Å². The van der Waals surface area contributed by atoms with Crippen molar-refractivity contribution >= 4 is 46.6 Å². The second-order valence-corrected chi connectivity index (χ2v) is 7.24. The van der Waals surface area contributed by atoms with Crippen LogP contribution in [0.15, 0.2) is 29.4 Å². The number of rotatable bonds is 5. The molecule has 2 heterocycles. The van der Waals surface area contributed by atoms with Gasteiger partial charge in [-0.3, -0.25) is 4.79 Å². The van der Waals surface area contributed by atoms with Gasteiger partial charge in [-0.05, 0) is 38.1 Å². The van der Waals surface area contributed by atoms with E-state index in [2.05, 4.69) is 20.6 Å². The molecule has 0 saturated carbocycles. The summed E-state index contributed by atoms with van der Waals surface area (Å²) >= 11 is 13.0. The predicted molar refractivity (Wildman–Crippen MR) is 103 cm³/mol. The Hall–Kier alpha value is -2.23. The molecular formula is C15H15Cl2N7OS. The van der Waals surface area contributed by atoms with Crippen LogP contribution in [0, 0.1) is 13.8 Å². The molecular weight excluding hydrogens is 397 g/mol. The molecule has 0 saturated heterocycles. The molecule has 0 atom stereocenters. The van der Waals surface area contributed by atoms with Crippen molar-refractivity contribution in [3.8, 4) is 5.95 Å². The number of amides is 1. The number of nitrogens with zero attached hydrogens (tertiary/aromatic N) is 5. The number of thioether (sulfide) groups is 1. The fourth-order valence-corrected chi connectivity index (χ4v) is 3.36. The van der Waals surface area contributed by atoms with Gasteiger partial charge in [-0.15, -0.1) is 10.2 Å². The van der Waals surface area contributed by atoms with Crippen LogP contribution in [-0.2, 0) is 4.79 Å². The normalized spacial score (nSPS) is 10.9. The van der Waals surface area contributed by atoms with E-state index in [-0.39, 0.29) is 11.7 Å². The number of carbonyl (C=O) groups is 1. The van der Waals surface area contributed by atoms with E-state index in [0.717, 1.165) is 23.1 Å². The van der Waals surface area contributed by atoms with E-state index in [1.54, 1.807) is 22.9 Å². The lowest BCUT2D eigenvalue weighted by atomic mass is 10.3. The van der Waals surface area contributed by atoms with Gasteiger partial charge in [-0.2, -0.15) is 5.10 Å². The standard InChI is InChI=1S/C15H15Cl2N7OS/c1-8-5-9(2)24(22-8)14-20-21-15(23(14)18)26-7-13(25)19-12-4-3-10(16)6-11(12)17/h3-6H,7,18H2,1-2H3,(H,19,25). The Morgan fingerprint density at radius 3 is 2.69 bits per heavy atom. The van der Waals surface area contributed by atoms with Gasteiger partial charge < -0.3 is 11.2 Å². The van der Waals surface area contributed by atoms with E-state index in [1.165, 1.54) is 4.68 Å². The van der Waals surface area contributed by atoms with Crippen LogP contribution in [0.3, 0.4) is 0 Å². The number of nitrogen functional groups attached to an aromatic ring is 1. The molecule has 26 heavy (non-hydrogen) atoms. The van der Waals surface area contributed by atoms with Crippen molar-refractivity contribution < 1.29 is 4.79 Å². The number of aromatic nitrogens is 5. The topological polar surface area (TPSA) is 104 Å². The summed E-state index contributed by atoms with van der Waals surface area (Å²) in [5.41, 5.74) is 2.21. The molecule has 0 radical (unpaired) electrons. The highest BCUT2D eigenvalue weighted by Crippen LogP contribution is 2.26. The highest BCUT2D eigenvalue weighted by Gasteiger charge is 2.16. The lowest BCUT2D eigenvalue weighted by molar-refractivity contribution is -0.113. The van der Waals surface area contributed by atoms with Gasteiger partial charge in [0.1, 0.15) is 0 Å². The fourth-order valence-electron chi connectivity index (χ4n) is 2.25. The number of nitrogens with one attached hydrogen (secondary N) is 1. The monoisotopic (exact) mass is 411 g/mol. The molecule has 3 N–H and O–H groups in total. The average molecular weight is 412 g/mol. The summed E-state index contributed by atoms with van der Waals surface area (Å²) in [5.74, 6) is 6.24. The first kappa shape index (κ1) is 18.6. The summed E-state index contributed by atoms with van der Waals surface area (Å²) in [4.78, 5) is 12.1. The number of anilines is 1. The summed E-state index contributed by atoms with van der Waals surface area (Å²) < 4.78 is 2.90. The van der Waals surface area contributed by atoms with Gasteiger partial charge >= 0.3 is 0 Å². The zero-order valence-corrected chi connectivity index (χ0v) is 16.2. The van der Waals surface area contributed by atoms with Crippen molar-refractivity contribution in [2.75, 3.05) is 16.9 Å². The first-order valence-corrected chi connectivity index (χ1v) is 9.21. The predicted octanol–water partition coefficient (Wildman–Crippen LogP) is 2.83. The van der Waals surface area contributed by atoms with Crippen molar-refractivity contribution in [3.63, 3.8) is 0 Å². The second-order valence-electron chi connectivity index (χ2n) is 5.45. The average Bonchev–Trinajstić information content (AvgIpc) is 3.10. The minimum absolute atomic E-state index is 0.0887. The van der Waals surface area contributed by atoms with Crippen molar-refractivity contribution in [3.05, 3.63) is 45.7 Å². The van der Waals surface area contributed by atoms with Crippen LogP contribution in [0.25, 0.3) is 5.95 Å². The first-order chi connectivity index (χ1) is 12.3. The number of nitrogens with two attached hydrogens (primary N) is 1. The maximum absolute atomic E-state index is 12.1. The minimum atomic E-state index is -0.255. The Morgan fingerprint density at radius 2 is 2.04 bits per heavy atom. The largest absolute Gasteiger partial charge is 0.334 e. The molecule has 1 aromatic carbocycles. The summed E-state index contributed by atoms with van der Waals surface area (Å²) in [7, 11) is 0. The smallest absolute Gasteiger partial charge is 0.271 e. The first-order valence-electron chi connectivity index (χ1n) is 7.47. The van der Waals surface area contributed by atoms with Crippen molar-refractivity contribution in [1.82, 2.24) is 24.7 Å². The van der Waals surface area contributed by atoms with E-state index < -0.39 is 0 Å². The van der Waals surface area contributed by atoms with Crippen molar-refractivity contribution in [1.29, 1.82) is 0 Å². The Labute approximate surface area is 163 Å². The van der Waals surface area contributed by atoms with Crippen LogP contribution in [-0.4, -0.2) is 36.3 Å². The summed E-state index contributed by atoms with van der Waals surface area (Å²) in [6.45, 7) is 3.77. The lowest BCUT2D eigenvalue weighted by Crippen LogP contribution is -2.18. The van der Waals surface area contributed by atoms with E-state index in [4.69, 9.17) is 29.0 Å². The Bertz CT molecular complexity index is 969. The molecule has 0 fully saturated rings. The zero-order valence-electron chi connectivity index (χ0n) is 13.9. The summed E-state index contributed by atoms with van der Waals surface area (Å²) in [6, 6.07) is 6.75. The van der Waals surface area contributed by atoms with E-state index in [0.29, 0.717) is 26.8 Å². The van der Waals surface area contributed by atoms with Crippen molar-refractivity contribution in [2.24, 2.45) is 0 Å². The highest BCUT2D eigenvalue weighted by atomic mass is 35.5. The number of halogens is 2. The zero-order chi connectivity index (χ0) is 18.8. The molecule has 0 aliphatic rings. The Kier molecular flexibility index (Phi) is 5.40. The number of aryl methyl sites for hydroxylation is 2. The molecule has 0 spiro atoms. The SMILES string of the molecule is Cc1cc(C)n(-c2nnc(SCC(=O)Nc3ccc(Cl)cc3Cl)n2N)n1. The van der Waals surface area contributed by atoms with Crippen LogP contribution < -0.4 is 11.2 Å². The van der Waals surface area contributed by atoms with Crippen LogP contribution >= 0.6 is 35.0 Å². The maximum atomic E-state index is 12.1. The molecule has 0 unspecified atom stereocenters. The van der Waals surface area contributed by atoms with Crippen LogP contribution in [0.5, 0.6) is 0 Å². The molecule has 11 heteroatoms. The molecule has 8 nitrogen and oxygen atoms in total. The molecule has 0 aliphatic carbocycles. The summed E-state index contributed by atoms with van der Waals surface area (Å²) in [5, 5.41) is 16.4. The Morgan fingerprint density at radius 1 is 1.27 bits per heavy atom. The minimum Gasteiger partial charge on any atom is -0.334 e. The second kappa shape index (κ2) is 7.56. The van der Waals surface area contributed by atoms with Gasteiger partial charge in [-0.25, -0.2) is 9.36 Å². The van der Waals surface area contributed by atoms with Crippen molar-refractivity contribution in [2.45, 2.75) is 19.0 Å². The third kappa shape index (κ3) is 3.95. The maximum Gasteiger partial charge on any atom is 0.271 e. The number of carbonyl (C=O) groups excluding carboxylic acids is 1. The molecule has 2 aromatic heterocycles. The van der Waals surface area contributed by atoms with E-state index >= 15 is 0 Å². The van der Waals surface area contributed by atoms with Gasteiger partial charge in [0.25, 0.3) is 5.95 Å². The van der Waals surface area contributed by atoms with E-state index in [1.807, 2.05) is 19.9 Å². The molecule has 1 amide bonds. The van der Waals surface area contributed by atoms with Gasteiger partial charge in [-0.1, -0.05) is 35.0 Å². The summed E-state index contributed by atoms with van der Waals surface area (Å²) in [6.07, 6.45) is 0. The van der Waals surface area contributed by atoms with Crippen LogP contribution in [0.2, 0.25) is 10.0 Å². The fraction of sp³-hybridized carbons (Fsp3) is 0.200. The quantitative estimate of drug-likeness (QED) is 0.494. The Balaban J connectivity index is 1.67. The lowest BCUT2D eigenvalue weighted by Gasteiger charge is -2.07. The highest BCUT2D eigenvalue weighted by molar-refractivity contribution is 7.99. The number of hydrogen-bond acceptors (Lipinski definition) is 6. The third-order valence-corrected chi connectivity index (χ3v) is 4.87. The molecule has 0 aliphatic heterocycles. The molecule has 0 bridgehead atoms.